The molecular formula is C27H25ClFNO5. The average molecular weight is 498 g/mol. The number of ether oxygens (including phenoxy) is 1. The molecule has 3 aliphatic rings. The topological polar surface area (TPSA) is 80.8 Å². The Bertz CT molecular complexity index is 1150. The number of benzene rings is 2. The van der Waals surface area contributed by atoms with Crippen molar-refractivity contribution in [1.82, 2.24) is 4.90 Å². The average Bonchev–Trinajstić information content (AvgIpc) is 3.52. The maximum atomic E-state index is 13.3. The summed E-state index contributed by atoms with van der Waals surface area (Å²) >= 11 is 5.80. The maximum Gasteiger partial charge on any atom is 0.326 e. The van der Waals surface area contributed by atoms with Crippen LogP contribution in [-0.2, 0) is 19.1 Å². The van der Waals surface area contributed by atoms with Gasteiger partial charge in [-0.15, -0.1) is 11.6 Å². The second-order valence-corrected chi connectivity index (χ2v) is 9.93. The number of hydrogen-bond acceptors (Lipinski definition) is 5. The molecule has 1 aliphatic heterocycles. The molecule has 1 saturated heterocycles. The summed E-state index contributed by atoms with van der Waals surface area (Å²) in [7, 11) is 0. The van der Waals surface area contributed by atoms with Crippen molar-refractivity contribution >= 4 is 35.2 Å². The summed E-state index contributed by atoms with van der Waals surface area (Å²) in [6.07, 6.45) is 0.571. The van der Waals surface area contributed by atoms with E-state index in [0.717, 1.165) is 29.9 Å². The molecule has 0 aromatic heterocycles. The molecule has 2 amide bonds. The van der Waals surface area contributed by atoms with Gasteiger partial charge in [0.2, 0.25) is 17.6 Å². The van der Waals surface area contributed by atoms with Crippen LogP contribution in [0.4, 0.5) is 4.39 Å². The first-order valence-electron chi connectivity index (χ1n) is 11.8. The fourth-order valence-corrected chi connectivity index (χ4v) is 6.43. The number of carbonyl (C=O) groups is 4. The number of ketones is 1. The maximum absolute atomic E-state index is 13.3. The van der Waals surface area contributed by atoms with Crippen LogP contribution >= 0.6 is 11.6 Å². The van der Waals surface area contributed by atoms with Crippen molar-refractivity contribution in [1.29, 1.82) is 0 Å². The van der Waals surface area contributed by atoms with E-state index in [0.29, 0.717) is 0 Å². The Balaban J connectivity index is 1.27. The summed E-state index contributed by atoms with van der Waals surface area (Å²) in [6.45, 7) is -0.532. The number of fused-ring (bicyclic) bond motifs is 5. The number of rotatable bonds is 8. The normalized spacial score (nSPS) is 27.7. The van der Waals surface area contributed by atoms with E-state index in [1.54, 1.807) is 0 Å². The van der Waals surface area contributed by atoms with E-state index in [4.69, 9.17) is 16.3 Å². The summed E-state index contributed by atoms with van der Waals surface area (Å²) in [5.41, 5.74) is 1.36. The number of imide groups is 1. The molecule has 0 spiro atoms. The molecule has 0 N–H and O–H groups in total. The second kappa shape index (κ2) is 9.53. The lowest BCUT2D eigenvalue weighted by atomic mass is 9.73. The highest BCUT2D eigenvalue weighted by Gasteiger charge is 2.64. The van der Waals surface area contributed by atoms with Crippen LogP contribution in [0.3, 0.4) is 0 Å². The van der Waals surface area contributed by atoms with Gasteiger partial charge in [0.1, 0.15) is 12.4 Å². The molecule has 3 fully saturated rings. The van der Waals surface area contributed by atoms with E-state index < -0.39 is 36.1 Å². The Hall–Kier alpha value is -3.06. The van der Waals surface area contributed by atoms with Crippen LogP contribution in [0.2, 0.25) is 0 Å². The van der Waals surface area contributed by atoms with Crippen LogP contribution in [0.1, 0.15) is 41.1 Å². The van der Waals surface area contributed by atoms with Crippen molar-refractivity contribution in [3.8, 4) is 0 Å². The summed E-state index contributed by atoms with van der Waals surface area (Å²) < 4.78 is 18.6. The quantitative estimate of drug-likeness (QED) is 0.238. The minimum atomic E-state index is -1.18. The summed E-state index contributed by atoms with van der Waals surface area (Å²) in [5.74, 6) is -2.83. The van der Waals surface area contributed by atoms with Crippen molar-refractivity contribution in [2.75, 3.05) is 12.4 Å². The standard InChI is InChI=1S/C27H25ClFNO5/c28-11-10-21(25(32)16-6-8-18(29)9-7-16)35-22(31)14-30-26(33)23-17-12-19(15-4-2-1-3-5-15)20(13-17)24(23)27(30)34/h1-9,17,19-21,23-24H,10-14H2/t17-,19+,20+,21+,23+,24+/m0/s1. The summed E-state index contributed by atoms with van der Waals surface area (Å²) in [4.78, 5) is 52.9. The SMILES string of the molecule is O=C(CN1C(=O)[C@@H]2[C@@H]3C[C@@H]([C@H]2C1=O)[C@@H](c1ccccc1)C3)O[C@H](CCCl)C(=O)c1ccc(F)cc1. The van der Waals surface area contributed by atoms with Crippen molar-refractivity contribution in [2.24, 2.45) is 23.7 Å². The van der Waals surface area contributed by atoms with Crippen LogP contribution in [0, 0.1) is 29.5 Å². The minimum absolute atomic E-state index is 0.0551. The zero-order valence-corrected chi connectivity index (χ0v) is 19.7. The highest BCUT2D eigenvalue weighted by molar-refractivity contribution is 6.18. The number of Topliss-reactive ketones (excluding diaryl/α,β-unsaturated/α-hetero) is 1. The number of halogens is 2. The van der Waals surface area contributed by atoms with E-state index in [2.05, 4.69) is 12.1 Å². The zero-order chi connectivity index (χ0) is 24.7. The second-order valence-electron chi connectivity index (χ2n) is 9.55. The molecule has 2 saturated carbocycles. The van der Waals surface area contributed by atoms with Crippen molar-refractivity contribution in [2.45, 2.75) is 31.3 Å². The number of alkyl halides is 1. The third-order valence-corrected chi connectivity index (χ3v) is 7.91. The molecule has 2 bridgehead atoms. The molecule has 6 atom stereocenters. The third-order valence-electron chi connectivity index (χ3n) is 7.69. The lowest BCUT2D eigenvalue weighted by Crippen LogP contribution is -2.40. The molecular weight excluding hydrogens is 473 g/mol. The van der Waals surface area contributed by atoms with Crippen LogP contribution in [0.5, 0.6) is 0 Å². The van der Waals surface area contributed by atoms with Gasteiger partial charge in [-0.3, -0.25) is 24.1 Å². The fraction of sp³-hybridized carbons (Fsp3) is 0.407. The number of nitrogens with zero attached hydrogens (tertiary/aromatic N) is 1. The van der Waals surface area contributed by atoms with E-state index >= 15 is 0 Å². The molecule has 8 heteroatoms. The molecule has 2 aromatic rings. The van der Waals surface area contributed by atoms with Gasteiger partial charge < -0.3 is 4.74 Å². The van der Waals surface area contributed by atoms with Crippen LogP contribution < -0.4 is 0 Å². The van der Waals surface area contributed by atoms with Gasteiger partial charge >= 0.3 is 5.97 Å². The van der Waals surface area contributed by atoms with Crippen LogP contribution in [0.25, 0.3) is 0 Å². The zero-order valence-electron chi connectivity index (χ0n) is 18.9. The lowest BCUT2D eigenvalue weighted by Gasteiger charge is -2.28. The number of esters is 1. The smallest absolute Gasteiger partial charge is 0.326 e. The monoisotopic (exact) mass is 497 g/mol. The first kappa shape index (κ1) is 23.7. The summed E-state index contributed by atoms with van der Waals surface area (Å²) in [5, 5.41) is 0. The Kier molecular flexibility index (Phi) is 6.45. The van der Waals surface area contributed by atoms with E-state index in [1.165, 1.54) is 17.7 Å². The largest absolute Gasteiger partial charge is 0.453 e. The van der Waals surface area contributed by atoms with Gasteiger partial charge in [0.05, 0.1) is 11.8 Å². The Morgan fingerprint density at radius 3 is 2.37 bits per heavy atom. The van der Waals surface area contributed by atoms with Gasteiger partial charge in [-0.05, 0) is 60.4 Å². The van der Waals surface area contributed by atoms with Crippen molar-refractivity contribution in [3.05, 3.63) is 71.5 Å². The molecule has 2 aliphatic carbocycles. The first-order valence-corrected chi connectivity index (χ1v) is 12.4. The first-order chi connectivity index (χ1) is 16.9. The molecule has 35 heavy (non-hydrogen) atoms. The number of carbonyl (C=O) groups excluding carboxylic acids is 4. The molecule has 6 nitrogen and oxygen atoms in total. The number of likely N-dealkylation sites (tertiary alicyclic amines) is 1. The van der Waals surface area contributed by atoms with E-state index in [9.17, 15) is 23.6 Å². The van der Waals surface area contributed by atoms with Crippen molar-refractivity contribution < 1.29 is 28.3 Å². The molecule has 2 aromatic carbocycles. The number of hydrogen-bond donors (Lipinski definition) is 0. The highest BCUT2D eigenvalue weighted by atomic mass is 35.5. The van der Waals surface area contributed by atoms with Gasteiger partial charge in [-0.1, -0.05) is 30.3 Å². The molecule has 0 unspecified atom stereocenters. The van der Waals surface area contributed by atoms with Gasteiger partial charge in [-0.2, -0.15) is 0 Å². The molecule has 1 heterocycles. The predicted octanol–water partition coefficient (Wildman–Crippen LogP) is 3.97. The van der Waals surface area contributed by atoms with E-state index in [1.807, 2.05) is 18.2 Å². The Morgan fingerprint density at radius 2 is 1.69 bits per heavy atom. The highest BCUT2D eigenvalue weighted by Crippen LogP contribution is 2.61. The number of amides is 2. The van der Waals surface area contributed by atoms with Gasteiger partial charge in [0.15, 0.2) is 6.10 Å². The predicted molar refractivity (Wildman–Crippen MR) is 125 cm³/mol. The van der Waals surface area contributed by atoms with Gasteiger partial charge in [0.25, 0.3) is 0 Å². The van der Waals surface area contributed by atoms with Crippen molar-refractivity contribution in [3.63, 3.8) is 0 Å². The minimum Gasteiger partial charge on any atom is -0.453 e. The molecule has 0 radical (unpaired) electrons. The summed E-state index contributed by atoms with van der Waals surface area (Å²) in [6, 6.07) is 14.9. The lowest BCUT2D eigenvalue weighted by molar-refractivity contribution is -0.155. The van der Waals surface area contributed by atoms with Gasteiger partial charge in [-0.25, -0.2) is 4.39 Å². The van der Waals surface area contributed by atoms with Crippen LogP contribution in [0.15, 0.2) is 54.6 Å². The van der Waals surface area contributed by atoms with E-state index in [-0.39, 0.29) is 53.4 Å². The third kappa shape index (κ3) is 4.27. The van der Waals surface area contributed by atoms with Crippen LogP contribution in [-0.4, -0.2) is 47.0 Å². The van der Waals surface area contributed by atoms with Gasteiger partial charge in [0, 0.05) is 17.9 Å². The molecule has 182 valence electrons. The Morgan fingerprint density at radius 1 is 1.00 bits per heavy atom. The fourth-order valence-electron chi connectivity index (χ4n) is 6.23. The Labute approximate surface area is 207 Å². The molecule has 5 rings (SSSR count).